The topological polar surface area (TPSA) is 121 Å². The van der Waals surface area contributed by atoms with E-state index in [1.165, 1.54) is 10.8 Å². The van der Waals surface area contributed by atoms with Gasteiger partial charge in [-0.05, 0) is 18.2 Å². The number of hydrogen-bond acceptors (Lipinski definition) is 7. The molecule has 3 heterocycles. The molecule has 3 N–H and O–H groups in total. The van der Waals surface area contributed by atoms with Crippen molar-refractivity contribution in [3.8, 4) is 5.75 Å². The molecule has 0 saturated heterocycles. The maximum Gasteiger partial charge on any atom is 0.265 e. The minimum absolute atomic E-state index is 0.0679. The molecule has 0 bridgehead atoms. The summed E-state index contributed by atoms with van der Waals surface area (Å²) in [6.07, 6.45) is 1.25. The summed E-state index contributed by atoms with van der Waals surface area (Å²) >= 11 is 0. The Morgan fingerprint density at radius 2 is 1.86 bits per heavy atom. The summed E-state index contributed by atoms with van der Waals surface area (Å²) in [5.41, 5.74) is 5.14. The highest BCUT2D eigenvalue weighted by atomic mass is 16.3. The number of pyridine rings is 1. The van der Waals surface area contributed by atoms with Gasteiger partial charge in [-0.2, -0.15) is 10.1 Å². The Kier molecular flexibility index (Phi) is 3.73. The molecule has 5 aromatic rings. The highest BCUT2D eigenvalue weighted by molar-refractivity contribution is 6.03. The first-order valence-electron chi connectivity index (χ1n) is 8.84. The molecule has 0 aliphatic carbocycles. The molecule has 0 saturated carbocycles. The zero-order valence-corrected chi connectivity index (χ0v) is 15.3. The van der Waals surface area contributed by atoms with Crippen molar-refractivity contribution in [3.63, 3.8) is 0 Å². The molecule has 9 heteroatoms. The van der Waals surface area contributed by atoms with Crippen LogP contribution in [0.2, 0.25) is 0 Å². The van der Waals surface area contributed by atoms with Crippen molar-refractivity contribution >= 4 is 45.1 Å². The van der Waals surface area contributed by atoms with Gasteiger partial charge in [0.25, 0.3) is 11.5 Å². The lowest BCUT2D eigenvalue weighted by Gasteiger charge is -2.08. The van der Waals surface area contributed by atoms with E-state index in [0.29, 0.717) is 22.1 Å². The third kappa shape index (κ3) is 2.67. The van der Waals surface area contributed by atoms with Crippen LogP contribution in [0.1, 0.15) is 5.56 Å². The zero-order valence-electron chi connectivity index (χ0n) is 15.3. The Labute approximate surface area is 163 Å². The van der Waals surface area contributed by atoms with Crippen molar-refractivity contribution in [2.75, 3.05) is 5.43 Å². The Hall–Kier alpha value is -4.27. The van der Waals surface area contributed by atoms with Gasteiger partial charge in [0.2, 0.25) is 0 Å². The van der Waals surface area contributed by atoms with Gasteiger partial charge in [-0.1, -0.05) is 30.3 Å². The summed E-state index contributed by atoms with van der Waals surface area (Å²) in [7, 11) is 1.64. The first-order valence-corrected chi connectivity index (χ1v) is 8.84. The number of aromatic hydroxyl groups is 1. The van der Waals surface area contributed by atoms with Gasteiger partial charge in [0, 0.05) is 23.3 Å². The number of anilines is 1. The number of hydrogen-bond donors (Lipinski definition) is 3. The number of para-hydroxylation sites is 2. The molecule has 0 spiro atoms. The molecule has 29 heavy (non-hydrogen) atoms. The van der Waals surface area contributed by atoms with Crippen LogP contribution in [0, 0.1) is 0 Å². The number of aryl methyl sites for hydroxylation is 1. The molecular formula is C20H15N7O2. The summed E-state index contributed by atoms with van der Waals surface area (Å²) in [6.45, 7) is 0. The molecule has 5 rings (SSSR count). The monoisotopic (exact) mass is 385 g/mol. The Morgan fingerprint density at radius 3 is 2.72 bits per heavy atom. The smallest absolute Gasteiger partial charge is 0.265 e. The average Bonchev–Trinajstić information content (AvgIpc) is 3.12. The van der Waals surface area contributed by atoms with Crippen LogP contribution in [0.4, 0.5) is 5.95 Å². The number of aromatic nitrogens is 5. The van der Waals surface area contributed by atoms with Gasteiger partial charge in [0.1, 0.15) is 16.8 Å². The fourth-order valence-corrected chi connectivity index (χ4v) is 3.34. The summed E-state index contributed by atoms with van der Waals surface area (Å²) in [4.78, 5) is 20.1. The van der Waals surface area contributed by atoms with Crippen LogP contribution in [-0.4, -0.2) is 36.1 Å². The quantitative estimate of drug-likeness (QED) is 0.324. The van der Waals surface area contributed by atoms with Crippen molar-refractivity contribution < 1.29 is 5.11 Å². The van der Waals surface area contributed by atoms with E-state index in [-0.39, 0.29) is 22.8 Å². The molecule has 142 valence electrons. The Morgan fingerprint density at radius 1 is 1.10 bits per heavy atom. The van der Waals surface area contributed by atoms with Crippen LogP contribution < -0.4 is 11.0 Å². The van der Waals surface area contributed by atoms with Crippen LogP contribution in [0.15, 0.2) is 58.4 Å². The van der Waals surface area contributed by atoms with Gasteiger partial charge in [-0.3, -0.25) is 4.79 Å². The highest BCUT2D eigenvalue weighted by Crippen LogP contribution is 2.25. The molecule has 0 aliphatic heterocycles. The van der Waals surface area contributed by atoms with Gasteiger partial charge in [-0.25, -0.2) is 5.43 Å². The molecule has 0 fully saturated rings. The number of nitrogens with one attached hydrogen (secondary N) is 2. The standard InChI is InChI=1S/C20H15N7O2/c1-27-15-9-5-3-7-12(15)17(28)13(19(27)29)10-21-25-20-23-18-16(24-26-20)11-6-2-4-8-14(11)22-18/h2-10,28H,1H3,(H2,22,23,25,26)/b21-10-. The van der Waals surface area contributed by atoms with Crippen molar-refractivity contribution in [1.29, 1.82) is 0 Å². The predicted molar refractivity (Wildman–Crippen MR) is 111 cm³/mol. The van der Waals surface area contributed by atoms with Gasteiger partial charge in [0.05, 0.1) is 11.7 Å². The number of H-pyrrole nitrogens is 1. The molecule has 2 aromatic carbocycles. The Bertz CT molecular complexity index is 1480. The largest absolute Gasteiger partial charge is 0.506 e. The third-order valence-electron chi connectivity index (χ3n) is 4.79. The van der Waals surface area contributed by atoms with E-state index in [0.717, 1.165) is 10.9 Å². The maximum absolute atomic E-state index is 12.6. The average molecular weight is 385 g/mol. The first kappa shape index (κ1) is 16.9. The maximum atomic E-state index is 12.6. The fourth-order valence-electron chi connectivity index (χ4n) is 3.34. The number of fused-ring (bicyclic) bond motifs is 4. The van der Waals surface area contributed by atoms with Crippen LogP contribution in [0.25, 0.3) is 33.0 Å². The van der Waals surface area contributed by atoms with E-state index >= 15 is 0 Å². The molecule has 0 aliphatic rings. The van der Waals surface area contributed by atoms with Gasteiger partial charge < -0.3 is 14.7 Å². The van der Waals surface area contributed by atoms with Crippen molar-refractivity contribution in [3.05, 3.63) is 64.4 Å². The SMILES string of the molecule is Cn1c(=O)c(/C=N\Nc2nnc3c(n2)[nH]c2ccccc23)c(O)c2ccccc21. The van der Waals surface area contributed by atoms with E-state index in [4.69, 9.17) is 0 Å². The fraction of sp³-hybridized carbons (Fsp3) is 0.0500. The second-order valence-electron chi connectivity index (χ2n) is 6.52. The first-order chi connectivity index (χ1) is 14.1. The van der Waals surface area contributed by atoms with E-state index < -0.39 is 0 Å². The third-order valence-corrected chi connectivity index (χ3v) is 4.79. The van der Waals surface area contributed by atoms with Crippen LogP contribution in [0.5, 0.6) is 5.75 Å². The minimum Gasteiger partial charge on any atom is -0.506 e. The number of benzene rings is 2. The van der Waals surface area contributed by atoms with Crippen LogP contribution >= 0.6 is 0 Å². The van der Waals surface area contributed by atoms with E-state index in [2.05, 4.69) is 30.7 Å². The zero-order chi connectivity index (χ0) is 20.0. The summed E-state index contributed by atoms with van der Waals surface area (Å²) in [6, 6.07) is 14.8. The summed E-state index contributed by atoms with van der Waals surface area (Å²) in [5.74, 6) is 0.0387. The summed E-state index contributed by atoms with van der Waals surface area (Å²) in [5, 5.41) is 24.2. The number of hydrazone groups is 1. The van der Waals surface area contributed by atoms with Crippen molar-refractivity contribution in [1.82, 2.24) is 24.7 Å². The Balaban J connectivity index is 1.50. The van der Waals surface area contributed by atoms with Crippen LogP contribution in [0.3, 0.4) is 0 Å². The number of rotatable bonds is 3. The van der Waals surface area contributed by atoms with Gasteiger partial charge in [-0.15, -0.1) is 10.2 Å². The molecule has 0 amide bonds. The highest BCUT2D eigenvalue weighted by Gasteiger charge is 2.13. The lowest BCUT2D eigenvalue weighted by Crippen LogP contribution is -2.21. The van der Waals surface area contributed by atoms with E-state index in [9.17, 15) is 9.90 Å². The molecule has 0 unspecified atom stereocenters. The molecule has 3 aromatic heterocycles. The van der Waals surface area contributed by atoms with E-state index in [1.54, 1.807) is 31.3 Å². The van der Waals surface area contributed by atoms with Gasteiger partial charge >= 0.3 is 0 Å². The summed E-state index contributed by atoms with van der Waals surface area (Å²) < 4.78 is 1.46. The molecule has 0 radical (unpaired) electrons. The predicted octanol–water partition coefficient (Wildman–Crippen LogP) is 2.51. The van der Waals surface area contributed by atoms with Crippen molar-refractivity contribution in [2.45, 2.75) is 0 Å². The second-order valence-corrected chi connectivity index (χ2v) is 6.52. The second kappa shape index (κ2) is 6.41. The molecule has 9 nitrogen and oxygen atoms in total. The molecular weight excluding hydrogens is 370 g/mol. The lowest BCUT2D eigenvalue weighted by atomic mass is 10.1. The number of aromatic amines is 1. The van der Waals surface area contributed by atoms with Crippen LogP contribution in [-0.2, 0) is 7.05 Å². The van der Waals surface area contributed by atoms with Gasteiger partial charge in [0.15, 0.2) is 5.65 Å². The number of nitrogens with zero attached hydrogens (tertiary/aromatic N) is 5. The lowest BCUT2D eigenvalue weighted by molar-refractivity contribution is 0.478. The molecule has 0 atom stereocenters. The normalized spacial score (nSPS) is 11.8. The minimum atomic E-state index is -0.364. The van der Waals surface area contributed by atoms with Crippen molar-refractivity contribution in [2.24, 2.45) is 12.1 Å². The van der Waals surface area contributed by atoms with E-state index in [1.807, 2.05) is 24.3 Å².